The molecule has 1 aliphatic heterocycles. The Bertz CT molecular complexity index is 766. The lowest BCUT2D eigenvalue weighted by Gasteiger charge is -2.36. The fourth-order valence-electron chi connectivity index (χ4n) is 2.78. The summed E-state index contributed by atoms with van der Waals surface area (Å²) in [6.07, 6.45) is 0.977. The largest absolute Gasteiger partial charge is 0.352 e. The van der Waals surface area contributed by atoms with Crippen LogP contribution in [0.5, 0.6) is 0 Å². The Balaban J connectivity index is 1.83. The van der Waals surface area contributed by atoms with Gasteiger partial charge in [0.2, 0.25) is 0 Å². The molecule has 130 valence electrons. The second-order valence-corrected chi connectivity index (χ2v) is 9.05. The minimum absolute atomic E-state index is 0.472. The summed E-state index contributed by atoms with van der Waals surface area (Å²) >= 11 is 18.8. The van der Waals surface area contributed by atoms with Crippen LogP contribution in [0.2, 0.25) is 0 Å². The molecule has 0 aromatic carbocycles. The molecule has 5 nitrogen and oxygen atoms in total. The van der Waals surface area contributed by atoms with Crippen LogP contribution in [-0.4, -0.2) is 50.7 Å². The lowest BCUT2D eigenvalue weighted by Crippen LogP contribution is -2.52. The van der Waals surface area contributed by atoms with Crippen LogP contribution in [-0.2, 0) is 11.2 Å². The molecule has 0 radical (unpaired) electrons. The Morgan fingerprint density at radius 2 is 1.92 bits per heavy atom. The van der Waals surface area contributed by atoms with Crippen molar-refractivity contribution in [3.05, 3.63) is 16.8 Å². The Hall–Kier alpha value is -0.820. The quantitative estimate of drug-likeness (QED) is 0.714. The predicted molar refractivity (Wildman–Crippen MR) is 101 cm³/mol. The van der Waals surface area contributed by atoms with Gasteiger partial charge >= 0.3 is 0 Å². The third kappa shape index (κ3) is 3.57. The first-order valence-electron chi connectivity index (χ1n) is 7.67. The van der Waals surface area contributed by atoms with Gasteiger partial charge in [-0.2, -0.15) is 0 Å². The highest BCUT2D eigenvalue weighted by Crippen LogP contribution is 2.33. The van der Waals surface area contributed by atoms with E-state index in [1.165, 1.54) is 4.88 Å². The third-order valence-corrected chi connectivity index (χ3v) is 5.65. The second kappa shape index (κ2) is 6.83. The van der Waals surface area contributed by atoms with Gasteiger partial charge in [0.1, 0.15) is 16.5 Å². The van der Waals surface area contributed by atoms with Crippen molar-refractivity contribution in [3.63, 3.8) is 0 Å². The summed E-state index contributed by atoms with van der Waals surface area (Å²) in [5.74, 6) is 1.20. The molecule has 0 aliphatic carbocycles. The highest BCUT2D eigenvalue weighted by Gasteiger charge is 2.36. The number of thiophene rings is 1. The Morgan fingerprint density at radius 3 is 2.50 bits per heavy atom. The van der Waals surface area contributed by atoms with Gasteiger partial charge in [-0.3, -0.25) is 4.79 Å². The average Bonchev–Trinajstić information content (AvgIpc) is 2.95. The molecule has 0 bridgehead atoms. The van der Waals surface area contributed by atoms with Crippen LogP contribution in [0, 0.1) is 6.92 Å². The summed E-state index contributed by atoms with van der Waals surface area (Å²) < 4.78 is -1.90. The number of anilines is 1. The molecule has 0 saturated carbocycles. The maximum atomic E-state index is 12.1. The van der Waals surface area contributed by atoms with Crippen molar-refractivity contribution in [1.82, 2.24) is 14.9 Å². The van der Waals surface area contributed by atoms with E-state index in [2.05, 4.69) is 27.9 Å². The summed E-state index contributed by atoms with van der Waals surface area (Å²) in [7, 11) is 0. The molecule has 3 heterocycles. The molecular weight excluding hydrogens is 391 g/mol. The van der Waals surface area contributed by atoms with Gasteiger partial charge in [-0.05, 0) is 19.4 Å². The molecule has 1 aliphatic rings. The van der Waals surface area contributed by atoms with Gasteiger partial charge in [0.15, 0.2) is 0 Å². The van der Waals surface area contributed by atoms with Crippen molar-refractivity contribution in [2.24, 2.45) is 0 Å². The van der Waals surface area contributed by atoms with E-state index in [-0.39, 0.29) is 0 Å². The fraction of sp³-hybridized carbons (Fsp3) is 0.533. The van der Waals surface area contributed by atoms with Gasteiger partial charge in [0.05, 0.1) is 5.39 Å². The zero-order valence-electron chi connectivity index (χ0n) is 13.4. The number of carbonyl (C=O) groups is 1. The normalized spacial score (nSPS) is 16.0. The van der Waals surface area contributed by atoms with Gasteiger partial charge in [0, 0.05) is 31.1 Å². The van der Waals surface area contributed by atoms with Gasteiger partial charge < -0.3 is 9.80 Å². The molecule has 24 heavy (non-hydrogen) atoms. The van der Waals surface area contributed by atoms with Crippen molar-refractivity contribution < 1.29 is 4.79 Å². The molecule has 0 unspecified atom stereocenters. The highest BCUT2D eigenvalue weighted by molar-refractivity contribution is 7.18. The second-order valence-electron chi connectivity index (χ2n) is 5.66. The van der Waals surface area contributed by atoms with Crippen LogP contribution >= 0.6 is 46.1 Å². The van der Waals surface area contributed by atoms with E-state index in [0.29, 0.717) is 26.2 Å². The van der Waals surface area contributed by atoms with Gasteiger partial charge in [-0.25, -0.2) is 9.97 Å². The summed E-state index contributed by atoms with van der Waals surface area (Å²) in [6, 6.07) is 2.16. The zero-order chi connectivity index (χ0) is 17.5. The van der Waals surface area contributed by atoms with Crippen molar-refractivity contribution >= 4 is 68.1 Å². The molecule has 0 spiro atoms. The van der Waals surface area contributed by atoms with Crippen LogP contribution in [0.25, 0.3) is 10.2 Å². The maximum Gasteiger partial charge on any atom is 0.274 e. The monoisotopic (exact) mass is 406 g/mol. The topological polar surface area (TPSA) is 49.3 Å². The molecule has 3 rings (SSSR count). The molecule has 1 saturated heterocycles. The number of piperazine rings is 1. The highest BCUT2D eigenvalue weighted by atomic mass is 35.6. The zero-order valence-corrected chi connectivity index (χ0v) is 16.4. The minimum Gasteiger partial charge on any atom is -0.352 e. The Morgan fingerprint density at radius 1 is 1.25 bits per heavy atom. The molecule has 2 aromatic heterocycles. The van der Waals surface area contributed by atoms with Crippen LogP contribution in [0.15, 0.2) is 6.07 Å². The number of rotatable bonds is 2. The van der Waals surface area contributed by atoms with Gasteiger partial charge in [0.25, 0.3) is 9.70 Å². The van der Waals surface area contributed by atoms with Gasteiger partial charge in [-0.1, -0.05) is 41.7 Å². The SMILES string of the molecule is CCc1cc2c(N3CCN(C(=O)C(Cl)(Cl)Cl)CC3)nc(C)nc2s1. The maximum absolute atomic E-state index is 12.1. The number of aromatic nitrogens is 2. The number of halogens is 3. The van der Waals surface area contributed by atoms with E-state index in [0.717, 1.165) is 28.3 Å². The van der Waals surface area contributed by atoms with E-state index in [1.807, 2.05) is 6.92 Å². The number of carbonyl (C=O) groups excluding carboxylic acids is 1. The Kier molecular flexibility index (Phi) is 5.12. The summed E-state index contributed by atoms with van der Waals surface area (Å²) in [6.45, 7) is 6.33. The molecule has 1 amide bonds. The van der Waals surface area contributed by atoms with E-state index < -0.39 is 9.70 Å². The molecule has 9 heteroatoms. The molecule has 1 fully saturated rings. The number of alkyl halides is 3. The predicted octanol–water partition coefficient (Wildman–Crippen LogP) is 3.58. The van der Waals surface area contributed by atoms with Crippen LogP contribution in [0.4, 0.5) is 5.82 Å². The van der Waals surface area contributed by atoms with E-state index in [1.54, 1.807) is 16.2 Å². The van der Waals surface area contributed by atoms with Crippen LogP contribution in [0.1, 0.15) is 17.6 Å². The van der Waals surface area contributed by atoms with E-state index in [9.17, 15) is 4.79 Å². The van der Waals surface area contributed by atoms with Crippen molar-refractivity contribution in [3.8, 4) is 0 Å². The van der Waals surface area contributed by atoms with Crippen LogP contribution < -0.4 is 4.90 Å². The first kappa shape index (κ1) is 18.0. The summed E-state index contributed by atoms with van der Waals surface area (Å²) in [5.41, 5.74) is 0. The van der Waals surface area contributed by atoms with Crippen molar-refractivity contribution in [1.29, 1.82) is 0 Å². The van der Waals surface area contributed by atoms with Crippen molar-refractivity contribution in [2.75, 3.05) is 31.1 Å². The average molecular weight is 408 g/mol. The molecule has 0 N–H and O–H groups in total. The Labute approximate surface area is 159 Å². The van der Waals surface area contributed by atoms with Gasteiger partial charge in [-0.15, -0.1) is 11.3 Å². The standard InChI is InChI=1S/C15H17Cl3N4OS/c1-3-10-8-11-12(19-9(2)20-13(11)24-10)21-4-6-22(7-5-21)14(23)15(16,17)18/h8H,3-7H2,1-2H3. The number of amides is 1. The summed E-state index contributed by atoms with van der Waals surface area (Å²) in [5, 5.41) is 1.07. The number of hydrogen-bond donors (Lipinski definition) is 0. The minimum atomic E-state index is -1.90. The van der Waals surface area contributed by atoms with Crippen molar-refractivity contribution in [2.45, 2.75) is 24.1 Å². The first-order valence-corrected chi connectivity index (χ1v) is 9.62. The van der Waals surface area contributed by atoms with E-state index >= 15 is 0 Å². The number of hydrogen-bond acceptors (Lipinski definition) is 5. The molecule has 0 atom stereocenters. The fourth-order valence-corrected chi connectivity index (χ4v) is 4.14. The third-order valence-electron chi connectivity index (χ3n) is 3.99. The van der Waals surface area contributed by atoms with Crippen LogP contribution in [0.3, 0.4) is 0 Å². The number of aryl methyl sites for hydroxylation is 2. The molecular formula is C15H17Cl3N4OS. The lowest BCUT2D eigenvalue weighted by atomic mass is 10.2. The summed E-state index contributed by atoms with van der Waals surface area (Å²) in [4.78, 5) is 27.3. The smallest absolute Gasteiger partial charge is 0.274 e. The van der Waals surface area contributed by atoms with E-state index in [4.69, 9.17) is 34.8 Å². The number of fused-ring (bicyclic) bond motifs is 1. The lowest BCUT2D eigenvalue weighted by molar-refractivity contribution is -0.130. The number of nitrogens with zero attached hydrogens (tertiary/aromatic N) is 4. The first-order chi connectivity index (χ1) is 11.3. The molecule has 2 aromatic rings.